The zero-order valence-electron chi connectivity index (χ0n) is 11.2. The molecule has 1 fully saturated rings. The van der Waals surface area contributed by atoms with Crippen molar-refractivity contribution in [3.8, 4) is 0 Å². The number of carboxylic acid groups (broad SMARTS) is 1. The monoisotopic (exact) mass is 236 g/mol. The fraction of sp³-hybridized carbons (Fsp3) is 0.800. The molecule has 0 heterocycles. The summed E-state index contributed by atoms with van der Waals surface area (Å²) in [7, 11) is 0. The molecule has 2 heteroatoms. The SMILES string of the molecule is CC(C)C1C[C@]2(C(=O)O)CCCC(=CC1C)C2. The molecule has 0 aromatic carbocycles. The van der Waals surface area contributed by atoms with Crippen LogP contribution in [0.25, 0.3) is 0 Å². The van der Waals surface area contributed by atoms with Crippen molar-refractivity contribution in [3.63, 3.8) is 0 Å². The minimum absolute atomic E-state index is 0.455. The third kappa shape index (κ3) is 2.27. The second-order valence-electron chi connectivity index (χ2n) is 6.41. The van der Waals surface area contributed by atoms with E-state index in [-0.39, 0.29) is 0 Å². The maximum atomic E-state index is 11.7. The van der Waals surface area contributed by atoms with Crippen LogP contribution < -0.4 is 0 Å². The zero-order valence-corrected chi connectivity index (χ0v) is 11.2. The first-order valence-electron chi connectivity index (χ1n) is 6.87. The molecule has 2 rings (SSSR count). The predicted molar refractivity (Wildman–Crippen MR) is 68.7 cm³/mol. The van der Waals surface area contributed by atoms with Gasteiger partial charge in [0, 0.05) is 0 Å². The summed E-state index contributed by atoms with van der Waals surface area (Å²) in [6, 6.07) is 0. The molecule has 2 aliphatic rings. The van der Waals surface area contributed by atoms with Gasteiger partial charge in [-0.3, -0.25) is 4.79 Å². The van der Waals surface area contributed by atoms with Crippen LogP contribution in [0.2, 0.25) is 0 Å². The third-order valence-corrected chi connectivity index (χ3v) is 4.83. The summed E-state index contributed by atoms with van der Waals surface area (Å²) in [6.45, 7) is 6.71. The van der Waals surface area contributed by atoms with Gasteiger partial charge in [0.1, 0.15) is 0 Å². The molecule has 0 saturated heterocycles. The molecule has 0 amide bonds. The molecular formula is C15H24O2. The van der Waals surface area contributed by atoms with Crippen molar-refractivity contribution in [1.29, 1.82) is 0 Å². The Bertz CT molecular complexity index is 343. The lowest BCUT2D eigenvalue weighted by Crippen LogP contribution is -2.36. The molecule has 1 N–H and O–H groups in total. The molecule has 3 atom stereocenters. The van der Waals surface area contributed by atoms with Crippen molar-refractivity contribution in [3.05, 3.63) is 11.6 Å². The number of carboxylic acids is 1. The summed E-state index contributed by atoms with van der Waals surface area (Å²) >= 11 is 0. The van der Waals surface area contributed by atoms with E-state index in [1.807, 2.05) is 0 Å². The smallest absolute Gasteiger partial charge is 0.309 e. The second-order valence-corrected chi connectivity index (χ2v) is 6.41. The minimum Gasteiger partial charge on any atom is -0.481 e. The molecule has 2 bridgehead atoms. The first-order valence-corrected chi connectivity index (χ1v) is 6.87. The number of carbonyl (C=O) groups is 1. The average Bonchev–Trinajstić information content (AvgIpc) is 2.34. The van der Waals surface area contributed by atoms with E-state index < -0.39 is 11.4 Å². The number of fused-ring (bicyclic) bond motifs is 2. The number of hydrogen-bond donors (Lipinski definition) is 1. The Hall–Kier alpha value is -0.790. The largest absolute Gasteiger partial charge is 0.481 e. The van der Waals surface area contributed by atoms with E-state index in [9.17, 15) is 9.90 Å². The molecule has 17 heavy (non-hydrogen) atoms. The van der Waals surface area contributed by atoms with Crippen molar-refractivity contribution >= 4 is 5.97 Å². The third-order valence-electron chi connectivity index (χ3n) is 4.83. The predicted octanol–water partition coefficient (Wildman–Crippen LogP) is 3.87. The van der Waals surface area contributed by atoms with Gasteiger partial charge in [0.25, 0.3) is 0 Å². The summed E-state index contributed by atoms with van der Waals surface area (Å²) in [5, 5.41) is 9.62. The Morgan fingerprint density at radius 3 is 2.82 bits per heavy atom. The molecular weight excluding hydrogens is 212 g/mol. The Labute approximate surface area is 104 Å². The van der Waals surface area contributed by atoms with E-state index in [2.05, 4.69) is 26.8 Å². The van der Waals surface area contributed by atoms with E-state index in [0.717, 1.165) is 32.1 Å². The number of rotatable bonds is 2. The molecule has 2 unspecified atom stereocenters. The van der Waals surface area contributed by atoms with Crippen LogP contribution in [-0.2, 0) is 4.79 Å². The van der Waals surface area contributed by atoms with Crippen molar-refractivity contribution in [1.82, 2.24) is 0 Å². The fourth-order valence-electron chi connectivity index (χ4n) is 3.83. The van der Waals surface area contributed by atoms with Gasteiger partial charge < -0.3 is 5.11 Å². The minimum atomic E-state index is -0.567. The molecule has 0 spiro atoms. The summed E-state index contributed by atoms with van der Waals surface area (Å²) in [4.78, 5) is 11.7. The van der Waals surface area contributed by atoms with Gasteiger partial charge in [-0.15, -0.1) is 0 Å². The van der Waals surface area contributed by atoms with Crippen LogP contribution >= 0.6 is 0 Å². The van der Waals surface area contributed by atoms with Crippen LogP contribution in [0.15, 0.2) is 11.6 Å². The molecule has 96 valence electrons. The summed E-state index contributed by atoms with van der Waals surface area (Å²) in [6.07, 6.45) is 7.07. The van der Waals surface area contributed by atoms with Gasteiger partial charge in [0.05, 0.1) is 5.41 Å². The summed E-state index contributed by atoms with van der Waals surface area (Å²) in [5.41, 5.74) is 0.943. The molecule has 2 nitrogen and oxygen atoms in total. The number of allylic oxidation sites excluding steroid dienone is 2. The van der Waals surface area contributed by atoms with Crippen molar-refractivity contribution in [2.24, 2.45) is 23.2 Å². The molecule has 0 aromatic rings. The van der Waals surface area contributed by atoms with Gasteiger partial charge in [-0.2, -0.15) is 0 Å². The Morgan fingerprint density at radius 2 is 2.24 bits per heavy atom. The summed E-state index contributed by atoms with van der Waals surface area (Å²) in [5.74, 6) is 1.05. The van der Waals surface area contributed by atoms with Gasteiger partial charge in [0.2, 0.25) is 0 Å². The lowest BCUT2D eigenvalue weighted by molar-refractivity contribution is -0.151. The molecule has 0 aliphatic heterocycles. The van der Waals surface area contributed by atoms with Gasteiger partial charge in [-0.1, -0.05) is 32.4 Å². The van der Waals surface area contributed by atoms with Crippen molar-refractivity contribution in [2.75, 3.05) is 0 Å². The lowest BCUT2D eigenvalue weighted by Gasteiger charge is -2.36. The quantitative estimate of drug-likeness (QED) is 0.739. The Kier molecular flexibility index (Phi) is 3.33. The lowest BCUT2D eigenvalue weighted by atomic mass is 9.67. The highest BCUT2D eigenvalue weighted by atomic mass is 16.4. The van der Waals surface area contributed by atoms with Crippen LogP contribution in [0.1, 0.15) is 52.9 Å². The van der Waals surface area contributed by atoms with Gasteiger partial charge in [0.15, 0.2) is 0 Å². The van der Waals surface area contributed by atoms with Gasteiger partial charge >= 0.3 is 5.97 Å². The van der Waals surface area contributed by atoms with E-state index in [1.165, 1.54) is 5.57 Å². The van der Waals surface area contributed by atoms with E-state index in [1.54, 1.807) is 0 Å². The van der Waals surface area contributed by atoms with Crippen LogP contribution in [0.3, 0.4) is 0 Å². The van der Waals surface area contributed by atoms with Gasteiger partial charge in [-0.25, -0.2) is 0 Å². The first kappa shape index (κ1) is 12.7. The Balaban J connectivity index is 2.35. The topological polar surface area (TPSA) is 37.3 Å². The van der Waals surface area contributed by atoms with Crippen LogP contribution in [0.4, 0.5) is 0 Å². The molecule has 1 saturated carbocycles. The fourth-order valence-corrected chi connectivity index (χ4v) is 3.83. The molecule has 0 aromatic heterocycles. The van der Waals surface area contributed by atoms with Gasteiger partial charge in [-0.05, 0) is 49.9 Å². The van der Waals surface area contributed by atoms with Crippen molar-refractivity contribution < 1.29 is 9.90 Å². The highest BCUT2D eigenvalue weighted by Crippen LogP contribution is 2.49. The highest BCUT2D eigenvalue weighted by Gasteiger charge is 2.45. The van der Waals surface area contributed by atoms with Crippen LogP contribution in [0.5, 0.6) is 0 Å². The van der Waals surface area contributed by atoms with Crippen molar-refractivity contribution in [2.45, 2.75) is 52.9 Å². The highest BCUT2D eigenvalue weighted by molar-refractivity contribution is 5.75. The second kappa shape index (κ2) is 4.47. The number of aliphatic carboxylic acids is 1. The van der Waals surface area contributed by atoms with Crippen LogP contribution in [0, 0.1) is 23.2 Å². The maximum absolute atomic E-state index is 11.7. The van der Waals surface area contributed by atoms with E-state index >= 15 is 0 Å². The maximum Gasteiger partial charge on any atom is 0.309 e. The van der Waals surface area contributed by atoms with E-state index in [4.69, 9.17) is 0 Å². The average molecular weight is 236 g/mol. The zero-order chi connectivity index (χ0) is 12.6. The summed E-state index contributed by atoms with van der Waals surface area (Å²) < 4.78 is 0. The van der Waals surface area contributed by atoms with E-state index in [0.29, 0.717) is 17.8 Å². The Morgan fingerprint density at radius 1 is 1.53 bits per heavy atom. The molecule has 0 radical (unpaired) electrons. The first-order chi connectivity index (χ1) is 7.94. The normalized spacial score (nSPS) is 37.5. The van der Waals surface area contributed by atoms with Crippen LogP contribution in [-0.4, -0.2) is 11.1 Å². The standard InChI is InChI=1S/C15H24O2/c1-10(2)13-9-15(14(16)17)6-4-5-12(8-15)7-11(13)3/h7,10-11,13H,4-6,8-9H2,1-3H3,(H,16,17)/t11?,13?,15-/m0/s1. The number of hydrogen-bond acceptors (Lipinski definition) is 1. The molecule has 2 aliphatic carbocycles.